The molecule has 0 aliphatic carbocycles. The van der Waals surface area contributed by atoms with E-state index in [9.17, 15) is 0 Å². The first-order valence-electron chi connectivity index (χ1n) is 6.93. The van der Waals surface area contributed by atoms with Crippen molar-refractivity contribution in [3.8, 4) is 0 Å². The zero-order chi connectivity index (χ0) is 13.4. The molecule has 2 aromatic heterocycles. The molecule has 1 aliphatic rings. The van der Waals surface area contributed by atoms with Gasteiger partial charge in [0.05, 0.1) is 6.04 Å². The normalized spacial score (nSPS) is 21.4. The van der Waals surface area contributed by atoms with Crippen molar-refractivity contribution in [2.75, 3.05) is 6.54 Å². The van der Waals surface area contributed by atoms with Crippen LogP contribution in [-0.2, 0) is 0 Å². The van der Waals surface area contributed by atoms with Gasteiger partial charge in [-0.25, -0.2) is 0 Å². The molecule has 0 radical (unpaired) electrons. The van der Waals surface area contributed by atoms with Gasteiger partial charge in [-0.3, -0.25) is 9.30 Å². The van der Waals surface area contributed by atoms with Crippen LogP contribution >= 0.6 is 11.6 Å². The summed E-state index contributed by atoms with van der Waals surface area (Å²) in [5, 5.41) is 9.36. The Morgan fingerprint density at radius 2 is 2.16 bits per heavy atom. The molecule has 1 saturated heterocycles. The Kier molecular flexibility index (Phi) is 3.46. The molecule has 102 valence electrons. The molecule has 0 spiro atoms. The number of nitrogens with zero attached hydrogens (tertiary/aromatic N) is 4. The average Bonchev–Trinajstić information content (AvgIpc) is 2.81. The molecule has 0 bridgehead atoms. The Labute approximate surface area is 118 Å². The van der Waals surface area contributed by atoms with E-state index in [0.717, 1.165) is 24.4 Å². The van der Waals surface area contributed by atoms with Gasteiger partial charge in [-0.15, -0.1) is 10.2 Å². The van der Waals surface area contributed by atoms with Crippen LogP contribution in [0.25, 0.3) is 5.65 Å². The lowest BCUT2D eigenvalue weighted by Crippen LogP contribution is -2.39. The van der Waals surface area contributed by atoms with Gasteiger partial charge in [0, 0.05) is 23.3 Å². The number of piperidine rings is 1. The summed E-state index contributed by atoms with van der Waals surface area (Å²) < 4.78 is 2.07. The molecule has 0 amide bonds. The van der Waals surface area contributed by atoms with Crippen molar-refractivity contribution in [3.63, 3.8) is 0 Å². The number of halogens is 1. The lowest BCUT2D eigenvalue weighted by molar-refractivity contribution is 0.105. The largest absolute Gasteiger partial charge is 0.291 e. The monoisotopic (exact) mass is 278 g/mol. The maximum atomic E-state index is 6.00. The average molecular weight is 279 g/mol. The van der Waals surface area contributed by atoms with Gasteiger partial charge >= 0.3 is 0 Å². The van der Waals surface area contributed by atoms with Crippen molar-refractivity contribution < 1.29 is 0 Å². The Morgan fingerprint density at radius 3 is 2.95 bits per heavy atom. The molecule has 3 heterocycles. The first-order valence-corrected chi connectivity index (χ1v) is 7.30. The minimum atomic E-state index is 0.366. The highest BCUT2D eigenvalue weighted by Gasteiger charge is 2.29. The number of hydrogen-bond donors (Lipinski definition) is 0. The van der Waals surface area contributed by atoms with E-state index in [0.29, 0.717) is 17.1 Å². The zero-order valence-corrected chi connectivity index (χ0v) is 12.1. The number of fused-ring (bicyclic) bond motifs is 1. The second-order valence-electron chi connectivity index (χ2n) is 5.47. The first kappa shape index (κ1) is 12.9. The van der Waals surface area contributed by atoms with Crippen LogP contribution in [0.5, 0.6) is 0 Å². The predicted molar refractivity (Wildman–Crippen MR) is 76.4 cm³/mol. The van der Waals surface area contributed by atoms with Crippen molar-refractivity contribution >= 4 is 17.2 Å². The van der Waals surface area contributed by atoms with Gasteiger partial charge in [-0.1, -0.05) is 18.0 Å². The highest BCUT2D eigenvalue weighted by atomic mass is 35.5. The van der Waals surface area contributed by atoms with E-state index in [4.69, 9.17) is 11.6 Å². The molecular weight excluding hydrogens is 260 g/mol. The zero-order valence-electron chi connectivity index (χ0n) is 11.4. The molecule has 0 N–H and O–H groups in total. The Hall–Kier alpha value is -1.13. The minimum Gasteiger partial charge on any atom is -0.291 e. The van der Waals surface area contributed by atoms with Crippen molar-refractivity contribution in [1.82, 2.24) is 19.5 Å². The van der Waals surface area contributed by atoms with Crippen molar-refractivity contribution in [2.45, 2.75) is 45.2 Å². The summed E-state index contributed by atoms with van der Waals surface area (Å²) in [5.41, 5.74) is 0.830. The van der Waals surface area contributed by atoms with Crippen LogP contribution < -0.4 is 0 Å². The van der Waals surface area contributed by atoms with E-state index >= 15 is 0 Å². The third-order valence-electron chi connectivity index (χ3n) is 3.90. The van der Waals surface area contributed by atoms with Gasteiger partial charge in [0.1, 0.15) is 0 Å². The fraction of sp³-hybridized carbons (Fsp3) is 0.571. The Morgan fingerprint density at radius 1 is 1.32 bits per heavy atom. The molecule has 0 saturated carbocycles. The third-order valence-corrected chi connectivity index (χ3v) is 4.14. The molecule has 4 nitrogen and oxygen atoms in total. The van der Waals surface area contributed by atoms with Crippen LogP contribution in [0.3, 0.4) is 0 Å². The number of aromatic nitrogens is 3. The van der Waals surface area contributed by atoms with Gasteiger partial charge in [-0.05, 0) is 39.3 Å². The summed E-state index contributed by atoms with van der Waals surface area (Å²) >= 11 is 6.00. The van der Waals surface area contributed by atoms with E-state index in [2.05, 4.69) is 33.3 Å². The van der Waals surface area contributed by atoms with Crippen molar-refractivity contribution in [3.05, 3.63) is 29.2 Å². The Bertz CT molecular complexity index is 578. The first-order chi connectivity index (χ1) is 9.16. The van der Waals surface area contributed by atoms with Gasteiger partial charge in [0.15, 0.2) is 11.5 Å². The van der Waals surface area contributed by atoms with Crippen LogP contribution in [0.15, 0.2) is 18.3 Å². The standard InChI is InChI=1S/C14H19ClN4/c1-10(2)18-7-4-3-5-12(18)14-17-16-13-9-11(15)6-8-19(13)14/h6,8-10,12H,3-5,7H2,1-2H3. The lowest BCUT2D eigenvalue weighted by Gasteiger charge is -2.37. The van der Waals surface area contributed by atoms with Crippen LogP contribution in [0.4, 0.5) is 0 Å². The van der Waals surface area contributed by atoms with E-state index in [1.165, 1.54) is 12.8 Å². The highest BCUT2D eigenvalue weighted by Crippen LogP contribution is 2.31. The molecule has 5 heteroatoms. The van der Waals surface area contributed by atoms with Gasteiger partial charge in [-0.2, -0.15) is 0 Å². The molecule has 0 aromatic carbocycles. The van der Waals surface area contributed by atoms with E-state index in [1.54, 1.807) is 0 Å². The molecule has 1 unspecified atom stereocenters. The van der Waals surface area contributed by atoms with Crippen LogP contribution in [0.2, 0.25) is 5.02 Å². The number of pyridine rings is 1. The number of rotatable bonds is 2. The lowest BCUT2D eigenvalue weighted by atomic mass is 10.00. The van der Waals surface area contributed by atoms with Crippen LogP contribution in [-0.4, -0.2) is 32.1 Å². The van der Waals surface area contributed by atoms with Crippen molar-refractivity contribution in [1.29, 1.82) is 0 Å². The summed E-state index contributed by atoms with van der Waals surface area (Å²) in [6.07, 6.45) is 5.66. The highest BCUT2D eigenvalue weighted by molar-refractivity contribution is 6.30. The summed E-state index contributed by atoms with van der Waals surface area (Å²) in [7, 11) is 0. The van der Waals surface area contributed by atoms with Gasteiger partial charge in [0.2, 0.25) is 0 Å². The molecule has 3 rings (SSSR count). The topological polar surface area (TPSA) is 33.4 Å². The third kappa shape index (κ3) is 2.35. The maximum absolute atomic E-state index is 6.00. The quantitative estimate of drug-likeness (QED) is 0.845. The molecule has 1 fully saturated rings. The maximum Gasteiger partial charge on any atom is 0.162 e. The Balaban J connectivity index is 2.02. The second-order valence-corrected chi connectivity index (χ2v) is 5.91. The fourth-order valence-electron chi connectivity index (χ4n) is 2.96. The van der Waals surface area contributed by atoms with Gasteiger partial charge < -0.3 is 0 Å². The van der Waals surface area contributed by atoms with Gasteiger partial charge in [0.25, 0.3) is 0 Å². The van der Waals surface area contributed by atoms with E-state index in [1.807, 2.05) is 18.3 Å². The summed E-state index contributed by atoms with van der Waals surface area (Å²) in [4.78, 5) is 2.52. The molecule has 1 atom stereocenters. The second kappa shape index (κ2) is 5.10. The summed E-state index contributed by atoms with van der Waals surface area (Å²) in [6.45, 7) is 5.64. The molecular formula is C14H19ClN4. The minimum absolute atomic E-state index is 0.366. The summed E-state index contributed by atoms with van der Waals surface area (Å²) in [5.74, 6) is 1.04. The molecule has 2 aromatic rings. The molecule has 1 aliphatic heterocycles. The van der Waals surface area contributed by atoms with E-state index < -0.39 is 0 Å². The van der Waals surface area contributed by atoms with Crippen LogP contribution in [0.1, 0.15) is 45.0 Å². The van der Waals surface area contributed by atoms with E-state index in [-0.39, 0.29) is 0 Å². The van der Waals surface area contributed by atoms with Crippen LogP contribution in [0, 0.1) is 0 Å². The molecule has 19 heavy (non-hydrogen) atoms. The summed E-state index contributed by atoms with van der Waals surface area (Å²) in [6, 6.07) is 4.65. The SMILES string of the molecule is CC(C)N1CCCCC1c1nnc2cc(Cl)ccn12. The fourth-order valence-corrected chi connectivity index (χ4v) is 3.11. The predicted octanol–water partition coefficient (Wildman–Crippen LogP) is 3.32. The number of hydrogen-bond acceptors (Lipinski definition) is 3. The smallest absolute Gasteiger partial charge is 0.162 e. The number of likely N-dealkylation sites (tertiary alicyclic amines) is 1. The van der Waals surface area contributed by atoms with Crippen molar-refractivity contribution in [2.24, 2.45) is 0 Å².